The van der Waals surface area contributed by atoms with E-state index >= 15 is 0 Å². The first-order chi connectivity index (χ1) is 9.34. The van der Waals surface area contributed by atoms with E-state index in [1.54, 1.807) is 0 Å². The summed E-state index contributed by atoms with van der Waals surface area (Å²) in [6, 6.07) is 0. The van der Waals surface area contributed by atoms with Crippen molar-refractivity contribution in [1.82, 2.24) is 5.32 Å². The highest BCUT2D eigenvalue weighted by molar-refractivity contribution is 6.10. The molecule has 1 unspecified atom stereocenters. The Balaban J connectivity index is 1.93. The molecule has 5 heteroatoms. The summed E-state index contributed by atoms with van der Waals surface area (Å²) in [5.74, 6) is 0.0557. The fraction of sp³-hybridized carbons (Fsp3) is 0.800. The van der Waals surface area contributed by atoms with Crippen molar-refractivity contribution in [2.45, 2.75) is 45.6 Å². The molecule has 2 N–H and O–H groups in total. The van der Waals surface area contributed by atoms with Crippen molar-refractivity contribution in [1.29, 1.82) is 0 Å². The Morgan fingerprint density at radius 1 is 1.40 bits per heavy atom. The van der Waals surface area contributed by atoms with Gasteiger partial charge in [0.05, 0.1) is 5.92 Å². The van der Waals surface area contributed by atoms with E-state index in [4.69, 9.17) is 0 Å². The molecule has 3 aliphatic rings. The summed E-state index contributed by atoms with van der Waals surface area (Å²) in [5.41, 5.74) is -0.750. The van der Waals surface area contributed by atoms with Crippen molar-refractivity contribution in [3.63, 3.8) is 0 Å². The number of nitrogens with zero attached hydrogens (tertiary/aromatic N) is 1. The van der Waals surface area contributed by atoms with E-state index < -0.39 is 11.5 Å². The molecule has 2 saturated carbocycles. The van der Waals surface area contributed by atoms with Crippen LogP contribution in [0.4, 0.5) is 0 Å². The van der Waals surface area contributed by atoms with Crippen molar-refractivity contribution in [3.05, 3.63) is 0 Å². The van der Waals surface area contributed by atoms with E-state index in [0.717, 1.165) is 19.3 Å². The predicted octanol–water partition coefficient (Wildman–Crippen LogP) is 1.68. The Hall–Kier alpha value is -1.39. The first-order valence-electron chi connectivity index (χ1n) is 7.48. The van der Waals surface area contributed by atoms with Crippen molar-refractivity contribution in [3.8, 4) is 0 Å². The second kappa shape index (κ2) is 4.30. The minimum atomic E-state index is -0.750. The van der Waals surface area contributed by atoms with Crippen LogP contribution < -0.4 is 5.32 Å². The SMILES string of the molecule is CC(C)C1(C)N=C([C@@H]2[C@@H]3CC[C@@H](C3)[C@@H]2C(=O)O)NC1=O. The highest BCUT2D eigenvalue weighted by atomic mass is 16.4. The Morgan fingerprint density at radius 3 is 2.60 bits per heavy atom. The zero-order valence-corrected chi connectivity index (χ0v) is 12.2. The van der Waals surface area contributed by atoms with Crippen LogP contribution in [0.2, 0.25) is 0 Å². The molecule has 0 spiro atoms. The van der Waals surface area contributed by atoms with E-state index in [-0.39, 0.29) is 29.6 Å². The van der Waals surface area contributed by atoms with Gasteiger partial charge in [-0.15, -0.1) is 0 Å². The average molecular weight is 278 g/mol. The van der Waals surface area contributed by atoms with Crippen LogP contribution in [0.1, 0.15) is 40.0 Å². The van der Waals surface area contributed by atoms with Gasteiger partial charge in [0.2, 0.25) is 0 Å². The van der Waals surface area contributed by atoms with Gasteiger partial charge in [0.1, 0.15) is 11.4 Å². The van der Waals surface area contributed by atoms with Gasteiger partial charge in [-0.05, 0) is 43.9 Å². The standard InChI is InChI=1S/C15H22N2O3/c1-7(2)15(3)14(20)16-12(17-15)10-8-4-5-9(6-8)11(10)13(18)19/h7-11H,4-6H2,1-3H3,(H,18,19)(H,16,17,20)/t8-,9+,10-,11+,15?/m1/s1. The maximum absolute atomic E-state index is 12.2. The molecule has 2 bridgehead atoms. The van der Waals surface area contributed by atoms with Crippen LogP contribution >= 0.6 is 0 Å². The minimum absolute atomic E-state index is 0.0885. The number of aliphatic carboxylic acids is 1. The summed E-state index contributed by atoms with van der Waals surface area (Å²) in [6.45, 7) is 5.78. The number of carbonyl (C=O) groups is 2. The minimum Gasteiger partial charge on any atom is -0.481 e. The Kier molecular flexibility index (Phi) is 2.92. The molecule has 110 valence electrons. The maximum atomic E-state index is 12.2. The van der Waals surface area contributed by atoms with Gasteiger partial charge in [0, 0.05) is 5.92 Å². The van der Waals surface area contributed by atoms with Crippen LogP contribution in [-0.2, 0) is 9.59 Å². The van der Waals surface area contributed by atoms with E-state index in [0.29, 0.717) is 11.8 Å². The van der Waals surface area contributed by atoms with E-state index in [9.17, 15) is 14.7 Å². The summed E-state index contributed by atoms with van der Waals surface area (Å²) >= 11 is 0. The van der Waals surface area contributed by atoms with Crippen LogP contribution in [-0.4, -0.2) is 28.4 Å². The first-order valence-corrected chi connectivity index (χ1v) is 7.48. The lowest BCUT2D eigenvalue weighted by Gasteiger charge is -2.27. The molecule has 5 nitrogen and oxygen atoms in total. The van der Waals surface area contributed by atoms with Crippen molar-refractivity contribution in [2.24, 2.45) is 34.6 Å². The van der Waals surface area contributed by atoms with Crippen LogP contribution in [0.25, 0.3) is 0 Å². The molecule has 20 heavy (non-hydrogen) atoms. The predicted molar refractivity (Wildman–Crippen MR) is 74.3 cm³/mol. The molecule has 1 heterocycles. The fourth-order valence-corrected chi connectivity index (χ4v) is 4.16. The number of carbonyl (C=O) groups excluding carboxylic acids is 1. The number of nitrogens with one attached hydrogen (secondary N) is 1. The highest BCUT2D eigenvalue weighted by Gasteiger charge is 2.55. The number of carboxylic acids is 1. The third-order valence-electron chi connectivity index (χ3n) is 5.70. The lowest BCUT2D eigenvalue weighted by Crippen LogP contribution is -2.44. The number of aliphatic imine (C=N–C) groups is 1. The fourth-order valence-electron chi connectivity index (χ4n) is 4.16. The lowest BCUT2D eigenvalue weighted by molar-refractivity contribution is -0.144. The normalized spacial score (nSPS) is 43.0. The van der Waals surface area contributed by atoms with Gasteiger partial charge in [0.25, 0.3) is 5.91 Å². The molecule has 0 radical (unpaired) electrons. The molecule has 5 atom stereocenters. The third-order valence-corrected chi connectivity index (χ3v) is 5.70. The van der Waals surface area contributed by atoms with Crippen LogP contribution in [0, 0.1) is 29.6 Å². The zero-order chi connectivity index (χ0) is 14.7. The second-order valence-corrected chi connectivity index (χ2v) is 6.98. The molecule has 3 rings (SSSR count). The zero-order valence-electron chi connectivity index (χ0n) is 12.2. The quantitative estimate of drug-likeness (QED) is 0.824. The molecule has 2 aliphatic carbocycles. The van der Waals surface area contributed by atoms with Gasteiger partial charge >= 0.3 is 5.97 Å². The summed E-state index contributed by atoms with van der Waals surface area (Å²) in [6.07, 6.45) is 3.03. The van der Waals surface area contributed by atoms with Crippen LogP contribution in [0.5, 0.6) is 0 Å². The van der Waals surface area contributed by atoms with Gasteiger partial charge in [-0.25, -0.2) is 0 Å². The van der Waals surface area contributed by atoms with E-state index in [1.807, 2.05) is 20.8 Å². The van der Waals surface area contributed by atoms with Crippen LogP contribution in [0.15, 0.2) is 4.99 Å². The Morgan fingerprint density at radius 2 is 2.05 bits per heavy atom. The summed E-state index contributed by atoms with van der Waals surface area (Å²) in [5, 5.41) is 12.4. The van der Waals surface area contributed by atoms with E-state index in [1.165, 1.54) is 0 Å². The number of amidine groups is 1. The largest absolute Gasteiger partial charge is 0.481 e. The molecule has 0 aromatic heterocycles. The van der Waals surface area contributed by atoms with E-state index in [2.05, 4.69) is 10.3 Å². The monoisotopic (exact) mass is 278 g/mol. The van der Waals surface area contributed by atoms with Crippen molar-refractivity contribution >= 4 is 17.7 Å². The van der Waals surface area contributed by atoms with Gasteiger partial charge in [0.15, 0.2) is 0 Å². The average Bonchev–Trinajstić information content (AvgIpc) is 3.03. The molecule has 1 aliphatic heterocycles. The number of hydrogen-bond donors (Lipinski definition) is 2. The highest BCUT2D eigenvalue weighted by Crippen LogP contribution is 2.53. The van der Waals surface area contributed by atoms with Crippen molar-refractivity contribution in [2.75, 3.05) is 0 Å². The third kappa shape index (κ3) is 1.71. The summed E-state index contributed by atoms with van der Waals surface area (Å²) in [4.78, 5) is 28.4. The van der Waals surface area contributed by atoms with Crippen LogP contribution in [0.3, 0.4) is 0 Å². The number of rotatable bonds is 3. The topological polar surface area (TPSA) is 78.8 Å². The number of fused-ring (bicyclic) bond motifs is 2. The summed E-state index contributed by atoms with van der Waals surface area (Å²) < 4.78 is 0. The molecular weight excluding hydrogens is 256 g/mol. The molecule has 2 fully saturated rings. The van der Waals surface area contributed by atoms with Gasteiger partial charge in [-0.1, -0.05) is 13.8 Å². The number of carboxylic acid groups (broad SMARTS) is 1. The molecule has 0 aromatic carbocycles. The van der Waals surface area contributed by atoms with Gasteiger partial charge in [-0.3, -0.25) is 14.6 Å². The molecule has 0 saturated heterocycles. The Bertz CT molecular complexity index is 499. The van der Waals surface area contributed by atoms with Gasteiger partial charge in [-0.2, -0.15) is 0 Å². The molecule has 1 amide bonds. The number of hydrogen-bond acceptors (Lipinski definition) is 3. The van der Waals surface area contributed by atoms with Gasteiger partial charge < -0.3 is 10.4 Å². The first kappa shape index (κ1) is 13.6. The number of amides is 1. The summed E-state index contributed by atoms with van der Waals surface area (Å²) in [7, 11) is 0. The molecule has 0 aromatic rings. The Labute approximate surface area is 118 Å². The second-order valence-electron chi connectivity index (χ2n) is 6.98. The van der Waals surface area contributed by atoms with Crippen molar-refractivity contribution < 1.29 is 14.7 Å². The molecular formula is C15H22N2O3. The smallest absolute Gasteiger partial charge is 0.307 e. The lowest BCUT2D eigenvalue weighted by atomic mass is 9.78. The maximum Gasteiger partial charge on any atom is 0.307 e.